The highest BCUT2D eigenvalue weighted by atomic mass is 16.2. The molecule has 1 aromatic heterocycles. The second-order valence-corrected chi connectivity index (χ2v) is 9.10. The summed E-state index contributed by atoms with van der Waals surface area (Å²) in [4.78, 5) is 30.6. The SMILES string of the molecule is O=c1[nH]c2ccccc2n(C2CC3CCC(C2)N3C2CCCCCCC2)c1=O. The average molecular weight is 382 g/mol. The molecular formula is C23H31N3O2. The molecule has 150 valence electrons. The van der Waals surface area contributed by atoms with Crippen LogP contribution in [0.5, 0.6) is 0 Å². The highest BCUT2D eigenvalue weighted by molar-refractivity contribution is 5.74. The molecule has 2 saturated heterocycles. The van der Waals surface area contributed by atoms with Crippen LogP contribution < -0.4 is 11.1 Å². The van der Waals surface area contributed by atoms with E-state index < -0.39 is 5.56 Å². The van der Waals surface area contributed by atoms with Crippen molar-refractivity contribution in [2.24, 2.45) is 0 Å². The van der Waals surface area contributed by atoms with Gasteiger partial charge >= 0.3 is 11.1 Å². The number of aromatic amines is 1. The molecule has 1 aliphatic carbocycles. The highest BCUT2D eigenvalue weighted by Crippen LogP contribution is 2.43. The molecule has 0 amide bonds. The van der Waals surface area contributed by atoms with Gasteiger partial charge in [-0.15, -0.1) is 0 Å². The molecule has 3 fully saturated rings. The van der Waals surface area contributed by atoms with Crippen LogP contribution in [0.2, 0.25) is 0 Å². The number of rotatable bonds is 2. The van der Waals surface area contributed by atoms with Gasteiger partial charge in [0.15, 0.2) is 0 Å². The number of benzene rings is 1. The zero-order valence-corrected chi connectivity index (χ0v) is 16.6. The minimum atomic E-state index is -0.492. The molecule has 1 N–H and O–H groups in total. The third kappa shape index (κ3) is 3.14. The molecule has 0 radical (unpaired) electrons. The molecule has 28 heavy (non-hydrogen) atoms. The summed E-state index contributed by atoms with van der Waals surface area (Å²) in [6.45, 7) is 0. The van der Waals surface area contributed by atoms with Gasteiger partial charge < -0.3 is 4.98 Å². The number of H-pyrrole nitrogens is 1. The third-order valence-corrected chi connectivity index (χ3v) is 7.45. The van der Waals surface area contributed by atoms with Gasteiger partial charge in [0.1, 0.15) is 0 Å². The van der Waals surface area contributed by atoms with Crippen LogP contribution in [-0.2, 0) is 0 Å². The lowest BCUT2D eigenvalue weighted by molar-refractivity contribution is 0.0497. The number of hydrogen-bond acceptors (Lipinski definition) is 3. The molecule has 2 unspecified atom stereocenters. The van der Waals surface area contributed by atoms with E-state index in [0.717, 1.165) is 29.9 Å². The summed E-state index contributed by atoms with van der Waals surface area (Å²) < 4.78 is 1.81. The van der Waals surface area contributed by atoms with Crippen LogP contribution in [0.25, 0.3) is 11.0 Å². The molecule has 1 saturated carbocycles. The highest BCUT2D eigenvalue weighted by Gasteiger charge is 2.44. The fourth-order valence-corrected chi connectivity index (χ4v) is 6.27. The molecule has 5 heteroatoms. The van der Waals surface area contributed by atoms with Crippen molar-refractivity contribution in [2.75, 3.05) is 0 Å². The first kappa shape index (κ1) is 18.2. The predicted molar refractivity (Wildman–Crippen MR) is 112 cm³/mol. The van der Waals surface area contributed by atoms with Crippen LogP contribution in [0.15, 0.2) is 33.9 Å². The third-order valence-electron chi connectivity index (χ3n) is 7.45. The van der Waals surface area contributed by atoms with Gasteiger partial charge in [-0.05, 0) is 50.7 Å². The minimum absolute atomic E-state index is 0.141. The van der Waals surface area contributed by atoms with Crippen molar-refractivity contribution in [1.82, 2.24) is 14.5 Å². The number of aromatic nitrogens is 2. The van der Waals surface area contributed by atoms with Crippen molar-refractivity contribution in [3.05, 3.63) is 45.0 Å². The summed E-state index contributed by atoms with van der Waals surface area (Å²) in [5.74, 6) is 0. The first-order chi connectivity index (χ1) is 13.7. The van der Waals surface area contributed by atoms with E-state index in [9.17, 15) is 9.59 Å². The summed E-state index contributed by atoms with van der Waals surface area (Å²) in [6.07, 6.45) is 14.1. The summed E-state index contributed by atoms with van der Waals surface area (Å²) in [5, 5.41) is 0. The van der Waals surface area contributed by atoms with E-state index in [0.29, 0.717) is 12.1 Å². The van der Waals surface area contributed by atoms with Gasteiger partial charge in [0.25, 0.3) is 0 Å². The number of nitrogens with zero attached hydrogens (tertiary/aromatic N) is 2. The number of para-hydroxylation sites is 2. The number of nitrogens with one attached hydrogen (secondary N) is 1. The Labute approximate surface area is 165 Å². The topological polar surface area (TPSA) is 58.1 Å². The van der Waals surface area contributed by atoms with Crippen LogP contribution in [0.3, 0.4) is 0 Å². The largest absolute Gasteiger partial charge is 0.316 e. The lowest BCUT2D eigenvalue weighted by Crippen LogP contribution is -2.51. The van der Waals surface area contributed by atoms with Gasteiger partial charge in [0, 0.05) is 24.2 Å². The lowest BCUT2D eigenvalue weighted by Gasteiger charge is -2.44. The van der Waals surface area contributed by atoms with E-state index in [2.05, 4.69) is 9.88 Å². The molecule has 3 heterocycles. The minimum Gasteiger partial charge on any atom is -0.316 e. The molecule has 3 aliphatic rings. The molecule has 1 aromatic carbocycles. The number of fused-ring (bicyclic) bond motifs is 3. The van der Waals surface area contributed by atoms with Crippen molar-refractivity contribution in [3.63, 3.8) is 0 Å². The molecular weight excluding hydrogens is 350 g/mol. The van der Waals surface area contributed by atoms with Gasteiger partial charge in [-0.25, -0.2) is 0 Å². The molecule has 2 aliphatic heterocycles. The Hall–Kier alpha value is -1.88. The van der Waals surface area contributed by atoms with Crippen LogP contribution in [-0.4, -0.2) is 32.6 Å². The zero-order chi connectivity index (χ0) is 19.1. The summed E-state index contributed by atoms with van der Waals surface area (Å²) in [5.41, 5.74) is 0.758. The van der Waals surface area contributed by atoms with E-state index in [1.165, 1.54) is 57.8 Å². The average Bonchev–Trinajstić information content (AvgIpc) is 2.92. The van der Waals surface area contributed by atoms with E-state index in [1.807, 2.05) is 28.8 Å². The Morgan fingerprint density at radius 2 is 1.39 bits per heavy atom. The van der Waals surface area contributed by atoms with Gasteiger partial charge in [-0.1, -0.05) is 44.2 Å². The normalized spacial score (nSPS) is 29.6. The molecule has 5 rings (SSSR count). The Morgan fingerprint density at radius 3 is 2.11 bits per heavy atom. The smallest absolute Gasteiger partial charge is 0.316 e. The summed E-state index contributed by atoms with van der Waals surface area (Å²) in [7, 11) is 0. The Balaban J connectivity index is 1.45. The van der Waals surface area contributed by atoms with Crippen molar-refractivity contribution in [2.45, 2.75) is 94.8 Å². The van der Waals surface area contributed by atoms with Crippen molar-refractivity contribution in [1.29, 1.82) is 0 Å². The van der Waals surface area contributed by atoms with E-state index in [-0.39, 0.29) is 11.6 Å². The van der Waals surface area contributed by atoms with Gasteiger partial charge in [0.2, 0.25) is 0 Å². The molecule has 5 nitrogen and oxygen atoms in total. The quantitative estimate of drug-likeness (QED) is 0.801. The monoisotopic (exact) mass is 381 g/mol. The van der Waals surface area contributed by atoms with Crippen LogP contribution in [0, 0.1) is 0 Å². The maximum Gasteiger partial charge on any atom is 0.316 e. The maximum absolute atomic E-state index is 12.8. The van der Waals surface area contributed by atoms with Crippen molar-refractivity contribution in [3.8, 4) is 0 Å². The lowest BCUT2D eigenvalue weighted by atomic mass is 9.89. The Morgan fingerprint density at radius 1 is 0.750 bits per heavy atom. The van der Waals surface area contributed by atoms with Crippen LogP contribution in [0.4, 0.5) is 0 Å². The molecule has 2 aromatic rings. The van der Waals surface area contributed by atoms with Gasteiger partial charge in [-0.2, -0.15) is 0 Å². The molecule has 2 atom stereocenters. The second kappa shape index (κ2) is 7.51. The molecule has 0 spiro atoms. The van der Waals surface area contributed by atoms with Gasteiger partial charge in [0.05, 0.1) is 11.0 Å². The van der Waals surface area contributed by atoms with Crippen LogP contribution >= 0.6 is 0 Å². The van der Waals surface area contributed by atoms with Crippen molar-refractivity contribution < 1.29 is 0 Å². The fraction of sp³-hybridized carbons (Fsp3) is 0.652. The van der Waals surface area contributed by atoms with E-state index >= 15 is 0 Å². The summed E-state index contributed by atoms with van der Waals surface area (Å²) in [6, 6.07) is 9.73. The first-order valence-electron chi connectivity index (χ1n) is 11.2. The molecule has 2 bridgehead atoms. The van der Waals surface area contributed by atoms with E-state index in [4.69, 9.17) is 0 Å². The fourth-order valence-electron chi connectivity index (χ4n) is 6.27. The Kier molecular flexibility index (Phi) is 4.87. The second-order valence-electron chi connectivity index (χ2n) is 9.10. The Bertz CT molecular complexity index is 940. The maximum atomic E-state index is 12.8. The van der Waals surface area contributed by atoms with Crippen molar-refractivity contribution >= 4 is 11.0 Å². The van der Waals surface area contributed by atoms with E-state index in [1.54, 1.807) is 0 Å². The van der Waals surface area contributed by atoms with Gasteiger partial charge in [-0.3, -0.25) is 19.1 Å². The number of hydrogen-bond donors (Lipinski definition) is 1. The zero-order valence-electron chi connectivity index (χ0n) is 16.6. The summed E-state index contributed by atoms with van der Waals surface area (Å²) >= 11 is 0. The number of piperidine rings is 1. The first-order valence-corrected chi connectivity index (χ1v) is 11.2. The van der Waals surface area contributed by atoms with Crippen LogP contribution in [0.1, 0.15) is 76.7 Å². The predicted octanol–water partition coefficient (Wildman–Crippen LogP) is 3.97. The standard InChI is InChI=1S/C23H31N3O2/c27-22-23(28)26(21-11-7-6-10-20(21)24-22)19-14-17-12-13-18(15-19)25(17)16-8-4-2-1-3-5-9-16/h6-7,10-11,16-19H,1-5,8-9,12-15H2,(H,24,27).